The molecule has 2 aliphatic heterocycles. The maximum Gasteiger partial charge on any atom is 0.255 e. The van der Waals surface area contributed by atoms with Crippen LogP contribution >= 0.6 is 0 Å². The number of hydrogen-bond donors (Lipinski definition) is 0. The molecule has 2 aliphatic rings. The quantitative estimate of drug-likeness (QED) is 0.585. The van der Waals surface area contributed by atoms with Gasteiger partial charge in [-0.1, -0.05) is 12.1 Å². The SMILES string of the molecule is COc1ccc(OC)c(CN2CCN(C(=O)c3ccccc3S(=O)(=O)N3CCOCC3)CC2)c1. The Labute approximate surface area is 200 Å². The molecule has 34 heavy (non-hydrogen) atoms. The number of amides is 1. The van der Waals surface area contributed by atoms with Crippen LogP contribution in [0, 0.1) is 0 Å². The maximum atomic E-state index is 13.4. The van der Waals surface area contributed by atoms with Gasteiger partial charge in [-0.2, -0.15) is 4.31 Å². The highest BCUT2D eigenvalue weighted by Crippen LogP contribution is 2.26. The lowest BCUT2D eigenvalue weighted by Gasteiger charge is -2.35. The molecule has 0 atom stereocenters. The van der Waals surface area contributed by atoms with Crippen molar-refractivity contribution < 1.29 is 27.4 Å². The Morgan fingerprint density at radius 1 is 0.941 bits per heavy atom. The average molecular weight is 490 g/mol. The second kappa shape index (κ2) is 10.7. The molecule has 0 radical (unpaired) electrons. The minimum Gasteiger partial charge on any atom is -0.497 e. The van der Waals surface area contributed by atoms with E-state index in [2.05, 4.69) is 4.90 Å². The van der Waals surface area contributed by atoms with Gasteiger partial charge in [0, 0.05) is 51.4 Å². The zero-order valence-corrected chi connectivity index (χ0v) is 20.4. The van der Waals surface area contributed by atoms with Crippen LogP contribution in [0.25, 0.3) is 0 Å². The van der Waals surface area contributed by atoms with Gasteiger partial charge in [0.25, 0.3) is 5.91 Å². The van der Waals surface area contributed by atoms with E-state index in [-0.39, 0.29) is 29.5 Å². The number of piperazine rings is 1. The summed E-state index contributed by atoms with van der Waals surface area (Å²) in [5.41, 5.74) is 1.24. The first-order valence-corrected chi connectivity index (χ1v) is 12.8. The number of hydrogen-bond acceptors (Lipinski definition) is 7. The van der Waals surface area contributed by atoms with Gasteiger partial charge in [0.1, 0.15) is 11.5 Å². The lowest BCUT2D eigenvalue weighted by atomic mass is 10.1. The van der Waals surface area contributed by atoms with Crippen LogP contribution in [-0.2, 0) is 21.3 Å². The van der Waals surface area contributed by atoms with Crippen LogP contribution in [0.3, 0.4) is 0 Å². The molecule has 0 unspecified atom stereocenters. The Balaban J connectivity index is 1.45. The summed E-state index contributed by atoms with van der Waals surface area (Å²) in [6.07, 6.45) is 0. The molecule has 9 nitrogen and oxygen atoms in total. The van der Waals surface area contributed by atoms with Gasteiger partial charge in [0.05, 0.1) is 37.9 Å². The van der Waals surface area contributed by atoms with Gasteiger partial charge in [-0.05, 0) is 30.3 Å². The number of carbonyl (C=O) groups is 1. The van der Waals surface area contributed by atoms with E-state index in [1.165, 1.54) is 10.4 Å². The Hall–Kier alpha value is -2.66. The van der Waals surface area contributed by atoms with Gasteiger partial charge < -0.3 is 19.1 Å². The fourth-order valence-electron chi connectivity index (χ4n) is 4.32. The van der Waals surface area contributed by atoms with Crippen molar-refractivity contribution >= 4 is 15.9 Å². The summed E-state index contributed by atoms with van der Waals surface area (Å²) < 4.78 is 44.0. The third kappa shape index (κ3) is 5.20. The van der Waals surface area contributed by atoms with Gasteiger partial charge >= 0.3 is 0 Å². The molecule has 0 aliphatic carbocycles. The molecular formula is C24H31N3O6S. The molecule has 2 fully saturated rings. The molecule has 2 saturated heterocycles. The average Bonchev–Trinajstić information content (AvgIpc) is 2.89. The number of nitrogens with zero attached hydrogens (tertiary/aromatic N) is 3. The number of morpholine rings is 1. The van der Waals surface area contributed by atoms with Crippen molar-refractivity contribution in [3.8, 4) is 11.5 Å². The Morgan fingerprint density at radius 3 is 2.32 bits per heavy atom. The molecule has 184 valence electrons. The van der Waals surface area contributed by atoms with Crippen LogP contribution < -0.4 is 9.47 Å². The highest BCUT2D eigenvalue weighted by Gasteiger charge is 2.32. The van der Waals surface area contributed by atoms with Crippen LogP contribution in [0.1, 0.15) is 15.9 Å². The van der Waals surface area contributed by atoms with Crippen molar-refractivity contribution in [3.05, 3.63) is 53.6 Å². The molecule has 0 saturated carbocycles. The number of methoxy groups -OCH3 is 2. The zero-order valence-electron chi connectivity index (χ0n) is 19.6. The summed E-state index contributed by atoms with van der Waals surface area (Å²) in [6.45, 7) is 4.33. The van der Waals surface area contributed by atoms with Crippen LogP contribution in [0.4, 0.5) is 0 Å². The minimum absolute atomic E-state index is 0.0606. The normalized spacial score (nSPS) is 18.0. The molecule has 2 aromatic rings. The van der Waals surface area contributed by atoms with E-state index in [9.17, 15) is 13.2 Å². The number of ether oxygens (including phenoxy) is 3. The van der Waals surface area contributed by atoms with Crippen molar-refractivity contribution in [3.63, 3.8) is 0 Å². The fourth-order valence-corrected chi connectivity index (χ4v) is 5.91. The fraction of sp³-hybridized carbons (Fsp3) is 0.458. The molecule has 0 spiro atoms. The number of rotatable bonds is 7. The standard InChI is InChI=1S/C24H31N3O6S/c1-31-20-7-8-22(32-2)19(17-20)18-25-9-11-26(12-10-25)24(28)21-5-3-4-6-23(21)34(29,30)27-13-15-33-16-14-27/h3-8,17H,9-16,18H2,1-2H3. The van der Waals surface area contributed by atoms with Crippen LogP contribution in [-0.4, -0.2) is 95.1 Å². The zero-order chi connectivity index (χ0) is 24.1. The van der Waals surface area contributed by atoms with Crippen molar-refractivity contribution in [1.29, 1.82) is 0 Å². The lowest BCUT2D eigenvalue weighted by Crippen LogP contribution is -2.48. The summed E-state index contributed by atoms with van der Waals surface area (Å²) in [7, 11) is -0.497. The van der Waals surface area contributed by atoms with E-state index in [0.29, 0.717) is 45.9 Å². The summed E-state index contributed by atoms with van der Waals surface area (Å²) in [5, 5.41) is 0. The van der Waals surface area contributed by atoms with Crippen LogP contribution in [0.2, 0.25) is 0 Å². The van der Waals surface area contributed by atoms with Gasteiger partial charge in [0.2, 0.25) is 10.0 Å². The third-order valence-corrected chi connectivity index (χ3v) is 8.20. The molecule has 2 aromatic carbocycles. The van der Waals surface area contributed by atoms with Crippen molar-refractivity contribution in [2.45, 2.75) is 11.4 Å². The Morgan fingerprint density at radius 2 is 1.65 bits per heavy atom. The van der Waals surface area contributed by atoms with Gasteiger partial charge in [-0.25, -0.2) is 8.42 Å². The van der Waals surface area contributed by atoms with Crippen molar-refractivity contribution in [1.82, 2.24) is 14.1 Å². The van der Waals surface area contributed by atoms with E-state index < -0.39 is 10.0 Å². The van der Waals surface area contributed by atoms with Gasteiger partial charge in [-0.15, -0.1) is 0 Å². The first-order chi connectivity index (χ1) is 16.4. The van der Waals surface area contributed by atoms with E-state index in [1.54, 1.807) is 37.3 Å². The second-order valence-corrected chi connectivity index (χ2v) is 10.2. The highest BCUT2D eigenvalue weighted by molar-refractivity contribution is 7.89. The molecule has 2 heterocycles. The Bertz CT molecular complexity index is 1110. The summed E-state index contributed by atoms with van der Waals surface area (Å²) >= 11 is 0. The van der Waals surface area contributed by atoms with Gasteiger partial charge in [-0.3, -0.25) is 9.69 Å². The molecular weight excluding hydrogens is 458 g/mol. The topological polar surface area (TPSA) is 88.6 Å². The minimum atomic E-state index is -3.77. The molecule has 4 rings (SSSR count). The predicted octanol–water partition coefficient (Wildman–Crippen LogP) is 1.68. The van der Waals surface area contributed by atoms with Crippen molar-refractivity contribution in [2.75, 3.05) is 66.7 Å². The lowest BCUT2D eigenvalue weighted by molar-refractivity contribution is 0.0622. The number of benzene rings is 2. The molecule has 1 amide bonds. The highest BCUT2D eigenvalue weighted by atomic mass is 32.2. The number of carbonyl (C=O) groups excluding carboxylic acids is 1. The van der Waals surface area contributed by atoms with E-state index in [0.717, 1.165) is 17.1 Å². The first kappa shape index (κ1) is 24.5. The molecule has 0 bridgehead atoms. The monoisotopic (exact) mass is 489 g/mol. The van der Waals surface area contributed by atoms with E-state index >= 15 is 0 Å². The molecule has 0 N–H and O–H groups in total. The van der Waals surface area contributed by atoms with Crippen molar-refractivity contribution in [2.24, 2.45) is 0 Å². The maximum absolute atomic E-state index is 13.4. The third-order valence-electron chi connectivity index (χ3n) is 6.25. The molecule has 0 aromatic heterocycles. The van der Waals surface area contributed by atoms with Crippen LogP contribution in [0.15, 0.2) is 47.4 Å². The second-order valence-electron chi connectivity index (χ2n) is 8.26. The largest absolute Gasteiger partial charge is 0.497 e. The molecule has 10 heteroatoms. The summed E-state index contributed by atoms with van der Waals surface area (Å²) in [6, 6.07) is 12.2. The number of sulfonamides is 1. The smallest absolute Gasteiger partial charge is 0.255 e. The van der Waals surface area contributed by atoms with Gasteiger partial charge in [0.15, 0.2) is 0 Å². The Kier molecular flexibility index (Phi) is 7.72. The first-order valence-electron chi connectivity index (χ1n) is 11.3. The summed E-state index contributed by atoms with van der Waals surface area (Å²) in [5.74, 6) is 1.30. The van der Waals surface area contributed by atoms with E-state index in [4.69, 9.17) is 14.2 Å². The van der Waals surface area contributed by atoms with E-state index in [1.807, 2.05) is 18.2 Å². The predicted molar refractivity (Wildman–Crippen MR) is 127 cm³/mol. The summed E-state index contributed by atoms with van der Waals surface area (Å²) in [4.78, 5) is 17.4. The van der Waals surface area contributed by atoms with Crippen LogP contribution in [0.5, 0.6) is 11.5 Å².